The average Bonchev–Trinajstić information content (AvgIpc) is 3.59. The van der Waals surface area contributed by atoms with Crippen LogP contribution in [0, 0.1) is 13.8 Å². The predicted molar refractivity (Wildman–Crippen MR) is 167 cm³/mol. The molecule has 2 aliphatic heterocycles. The summed E-state index contributed by atoms with van der Waals surface area (Å²) in [6, 6.07) is 7.62. The van der Waals surface area contributed by atoms with Crippen LogP contribution in [-0.2, 0) is 33.4 Å². The number of allylic oxidation sites excluding steroid dienone is 5. The molecule has 5 heterocycles. The van der Waals surface area contributed by atoms with Crippen molar-refractivity contribution in [2.24, 2.45) is 0 Å². The fourth-order valence-corrected chi connectivity index (χ4v) is 5.61. The van der Waals surface area contributed by atoms with Gasteiger partial charge in [-0.2, -0.15) is 0 Å². The van der Waals surface area contributed by atoms with Crippen LogP contribution in [-0.4, -0.2) is 32.1 Å². The zero-order valence-electron chi connectivity index (χ0n) is 24.6. The van der Waals surface area contributed by atoms with Crippen LogP contribution in [0.25, 0.3) is 50.4 Å². The normalized spacial score (nSPS) is 12.7. The first-order chi connectivity index (χ1) is 20.0. The average molecular weight is 613 g/mol. The van der Waals surface area contributed by atoms with Crippen LogP contribution < -0.4 is 9.97 Å². The van der Waals surface area contributed by atoms with Gasteiger partial charge in [-0.15, -0.1) is 22.1 Å². The van der Waals surface area contributed by atoms with E-state index in [0.717, 1.165) is 61.3 Å². The Morgan fingerprint density at radius 3 is 1.91 bits per heavy atom. The molecule has 2 aliphatic rings. The number of aryl methyl sites for hydroxylation is 3. The van der Waals surface area contributed by atoms with Gasteiger partial charge in [0.15, 0.2) is 0 Å². The minimum absolute atomic E-state index is 0. The first-order valence-electron chi connectivity index (χ1n) is 13.8. The SMILES string of the molecule is C=CC1=C(C)c2cc3[n-]c(cc4nc(cc5[n-]c(cc1n2)c(C)c5CCC(=O)O)C(CCC(=O)O)=C4C)c(C)c3C=C.[Cr]. The molecule has 0 saturated heterocycles. The molecule has 9 heteroatoms. The molecule has 0 aromatic carbocycles. The molecule has 3 aromatic rings. The van der Waals surface area contributed by atoms with Crippen LogP contribution in [0.4, 0.5) is 0 Å². The largest absolute Gasteiger partial charge is 0.657 e. The van der Waals surface area contributed by atoms with E-state index in [-0.39, 0.29) is 30.2 Å². The second-order valence-corrected chi connectivity index (χ2v) is 10.6. The molecular formula is C34H32CrN4O4-2. The number of carboxylic acid groups (broad SMARTS) is 2. The summed E-state index contributed by atoms with van der Waals surface area (Å²) in [6.07, 6.45) is 4.06. The summed E-state index contributed by atoms with van der Waals surface area (Å²) in [5.41, 5.74) is 12.6. The molecule has 3 aromatic heterocycles. The number of rotatable bonds is 8. The molecule has 8 bridgehead atoms. The Bertz CT molecular complexity index is 1920. The van der Waals surface area contributed by atoms with Gasteiger partial charge >= 0.3 is 11.9 Å². The number of hydrogen-bond donors (Lipinski definition) is 2. The summed E-state index contributed by atoms with van der Waals surface area (Å²) in [6.45, 7) is 15.9. The molecule has 0 radical (unpaired) electrons. The Hall–Kier alpha value is -4.45. The molecule has 0 spiro atoms. The maximum atomic E-state index is 11.5. The Kier molecular flexibility index (Phi) is 9.10. The van der Waals surface area contributed by atoms with Crippen LogP contribution in [0.2, 0.25) is 0 Å². The van der Waals surface area contributed by atoms with Gasteiger partial charge in [0.25, 0.3) is 0 Å². The van der Waals surface area contributed by atoms with Gasteiger partial charge in [0.2, 0.25) is 0 Å². The van der Waals surface area contributed by atoms with Crippen LogP contribution in [0.15, 0.2) is 43.5 Å². The molecule has 0 unspecified atom stereocenters. The zero-order valence-corrected chi connectivity index (χ0v) is 25.9. The Morgan fingerprint density at radius 2 is 1.26 bits per heavy atom. The molecule has 8 nitrogen and oxygen atoms in total. The molecular weight excluding hydrogens is 580 g/mol. The van der Waals surface area contributed by atoms with Crippen molar-refractivity contribution in [3.63, 3.8) is 0 Å². The third-order valence-electron chi connectivity index (χ3n) is 8.06. The van der Waals surface area contributed by atoms with Gasteiger partial charge < -0.3 is 20.2 Å². The van der Waals surface area contributed by atoms with Gasteiger partial charge in [0.1, 0.15) is 0 Å². The molecule has 0 amide bonds. The van der Waals surface area contributed by atoms with Crippen molar-refractivity contribution in [2.75, 3.05) is 0 Å². The maximum Gasteiger partial charge on any atom is 0.303 e. The number of fused-ring (bicyclic) bond motifs is 8. The second-order valence-electron chi connectivity index (χ2n) is 10.6. The van der Waals surface area contributed by atoms with E-state index in [1.807, 2.05) is 52.0 Å². The van der Waals surface area contributed by atoms with E-state index in [1.165, 1.54) is 0 Å². The number of aliphatic carboxylic acids is 2. The van der Waals surface area contributed by atoms with E-state index in [9.17, 15) is 19.8 Å². The van der Waals surface area contributed by atoms with Crippen molar-refractivity contribution in [1.29, 1.82) is 0 Å². The molecule has 0 fully saturated rings. The number of aromatic nitrogens is 4. The zero-order chi connectivity index (χ0) is 30.3. The van der Waals surface area contributed by atoms with Gasteiger partial charge in [-0.3, -0.25) is 9.59 Å². The van der Waals surface area contributed by atoms with E-state index in [2.05, 4.69) is 13.2 Å². The quantitative estimate of drug-likeness (QED) is 0.286. The van der Waals surface area contributed by atoms with Gasteiger partial charge in [-0.1, -0.05) is 66.3 Å². The number of carboxylic acids is 2. The van der Waals surface area contributed by atoms with Crippen molar-refractivity contribution >= 4 is 62.4 Å². The summed E-state index contributed by atoms with van der Waals surface area (Å²) in [5.74, 6) is -1.80. The first kappa shape index (κ1) is 31.5. The van der Waals surface area contributed by atoms with Crippen molar-refractivity contribution in [1.82, 2.24) is 19.9 Å². The van der Waals surface area contributed by atoms with E-state index in [1.54, 1.807) is 12.2 Å². The summed E-state index contributed by atoms with van der Waals surface area (Å²) in [7, 11) is 0. The first-order valence-corrected chi connectivity index (χ1v) is 13.8. The maximum absolute atomic E-state index is 11.5. The molecule has 0 aliphatic carbocycles. The summed E-state index contributed by atoms with van der Waals surface area (Å²) >= 11 is 0. The fourth-order valence-electron chi connectivity index (χ4n) is 5.61. The van der Waals surface area contributed by atoms with Crippen molar-refractivity contribution in [2.45, 2.75) is 53.4 Å². The van der Waals surface area contributed by atoms with Crippen molar-refractivity contribution < 1.29 is 37.2 Å². The fraction of sp³-hybridized carbons (Fsp3) is 0.235. The Labute approximate surface area is 260 Å². The monoisotopic (exact) mass is 612 g/mol. The van der Waals surface area contributed by atoms with E-state index < -0.39 is 11.9 Å². The van der Waals surface area contributed by atoms with Gasteiger partial charge in [0, 0.05) is 35.8 Å². The minimum atomic E-state index is -0.898. The standard InChI is InChI=1S/C34H34N4O4.Cr/c1-7-21-17(3)25-13-26-19(5)23(9-11-33(39)40)31(37-26)16-32-24(10-12-34(41)42)20(6)28(38-32)15-30-22(8-2)18(4)27(36-30)14-29(21)35-25;/h7-8,13-16H,1-2,9-12H2,3-6H3,(H4,35,36,37,38,39,40,41,42);/p-2. The van der Waals surface area contributed by atoms with Crippen LogP contribution in [0.3, 0.4) is 0 Å². The minimum Gasteiger partial charge on any atom is -0.657 e. The van der Waals surface area contributed by atoms with Crippen LogP contribution in [0.5, 0.6) is 0 Å². The molecule has 5 rings (SSSR count). The Morgan fingerprint density at radius 1 is 0.721 bits per heavy atom. The van der Waals surface area contributed by atoms with Gasteiger partial charge in [0.05, 0.1) is 22.8 Å². The third kappa shape index (κ3) is 5.92. The molecule has 0 atom stereocenters. The van der Waals surface area contributed by atoms with E-state index in [0.29, 0.717) is 41.0 Å². The predicted octanol–water partition coefficient (Wildman–Crippen LogP) is 6.76. The van der Waals surface area contributed by atoms with Crippen LogP contribution in [0.1, 0.15) is 78.1 Å². The third-order valence-corrected chi connectivity index (χ3v) is 8.06. The van der Waals surface area contributed by atoms with E-state index in [4.69, 9.17) is 19.9 Å². The van der Waals surface area contributed by atoms with Crippen molar-refractivity contribution in [3.05, 3.63) is 88.5 Å². The number of hydrogen-bond acceptors (Lipinski definition) is 4. The number of nitrogens with zero attached hydrogens (tertiary/aromatic N) is 4. The van der Waals surface area contributed by atoms with E-state index >= 15 is 0 Å². The second kappa shape index (κ2) is 12.4. The van der Waals surface area contributed by atoms with Crippen LogP contribution >= 0.6 is 0 Å². The Balaban J connectivity index is 0.00000423. The summed E-state index contributed by atoms with van der Waals surface area (Å²) in [5, 5.41) is 18.9. The summed E-state index contributed by atoms with van der Waals surface area (Å²) in [4.78, 5) is 42.7. The van der Waals surface area contributed by atoms with Gasteiger partial charge in [-0.05, 0) is 62.8 Å². The molecule has 2 N–H and O–H groups in total. The van der Waals surface area contributed by atoms with Crippen molar-refractivity contribution in [3.8, 4) is 0 Å². The topological polar surface area (TPSA) is 129 Å². The molecule has 220 valence electrons. The smallest absolute Gasteiger partial charge is 0.303 e. The number of carbonyl (C=O) groups is 2. The summed E-state index contributed by atoms with van der Waals surface area (Å²) < 4.78 is 0. The molecule has 43 heavy (non-hydrogen) atoms. The van der Waals surface area contributed by atoms with Gasteiger partial charge in [-0.25, -0.2) is 9.97 Å². The molecule has 0 saturated carbocycles.